The summed E-state index contributed by atoms with van der Waals surface area (Å²) in [4.78, 5) is 11.5. The Balaban J connectivity index is 2.65. The molecule has 0 aromatic heterocycles. The summed E-state index contributed by atoms with van der Waals surface area (Å²) in [5.41, 5.74) is -0.0336. The third-order valence-electron chi connectivity index (χ3n) is 2.79. The minimum absolute atomic E-state index is 0.0336. The molecular weight excluding hydrogens is 150 g/mol. The lowest BCUT2D eigenvalue weighted by Crippen LogP contribution is -2.33. The molecule has 0 bridgehead atoms. The zero-order valence-corrected chi connectivity index (χ0v) is 8.31. The van der Waals surface area contributed by atoms with E-state index < -0.39 is 0 Å². The molecule has 0 amide bonds. The monoisotopic (exact) mass is 169 g/mol. The van der Waals surface area contributed by atoms with Crippen molar-refractivity contribution in [1.29, 1.82) is 0 Å². The summed E-state index contributed by atoms with van der Waals surface area (Å²) in [5, 5.41) is 3.28. The Labute approximate surface area is 74.7 Å². The van der Waals surface area contributed by atoms with E-state index in [1.54, 1.807) is 6.92 Å². The first-order valence-electron chi connectivity index (χ1n) is 4.78. The highest BCUT2D eigenvalue weighted by Gasteiger charge is 2.38. The van der Waals surface area contributed by atoms with Crippen molar-refractivity contribution in [2.45, 2.75) is 33.6 Å². The van der Waals surface area contributed by atoms with E-state index in [9.17, 15) is 4.79 Å². The molecule has 70 valence electrons. The summed E-state index contributed by atoms with van der Waals surface area (Å²) in [6, 6.07) is 0. The molecule has 12 heavy (non-hydrogen) atoms. The average Bonchev–Trinajstić information content (AvgIpc) is 2.35. The Morgan fingerprint density at radius 1 is 1.58 bits per heavy atom. The van der Waals surface area contributed by atoms with Gasteiger partial charge in [0.15, 0.2) is 0 Å². The topological polar surface area (TPSA) is 29.1 Å². The predicted octanol–water partition coefficient (Wildman–Crippen LogP) is 1.60. The van der Waals surface area contributed by atoms with Gasteiger partial charge in [0.25, 0.3) is 0 Å². The summed E-state index contributed by atoms with van der Waals surface area (Å²) < 4.78 is 0. The SMILES string of the molecule is CC(=O)C1(CC(C)C)CCNC1. The third kappa shape index (κ3) is 1.86. The molecule has 1 aliphatic rings. The smallest absolute Gasteiger partial charge is 0.137 e. The number of carbonyl (C=O) groups is 1. The highest BCUT2D eigenvalue weighted by atomic mass is 16.1. The summed E-state index contributed by atoms with van der Waals surface area (Å²) >= 11 is 0. The second-order valence-corrected chi connectivity index (χ2v) is 4.36. The van der Waals surface area contributed by atoms with Crippen molar-refractivity contribution >= 4 is 5.78 Å². The molecule has 1 fully saturated rings. The Morgan fingerprint density at radius 3 is 2.58 bits per heavy atom. The van der Waals surface area contributed by atoms with E-state index in [0.29, 0.717) is 11.7 Å². The van der Waals surface area contributed by atoms with Gasteiger partial charge in [0, 0.05) is 12.0 Å². The van der Waals surface area contributed by atoms with Crippen LogP contribution in [0.2, 0.25) is 0 Å². The third-order valence-corrected chi connectivity index (χ3v) is 2.79. The Morgan fingerprint density at radius 2 is 2.25 bits per heavy atom. The van der Waals surface area contributed by atoms with Crippen LogP contribution in [0.3, 0.4) is 0 Å². The van der Waals surface area contributed by atoms with E-state index in [-0.39, 0.29) is 5.41 Å². The number of carbonyl (C=O) groups excluding carboxylic acids is 1. The minimum atomic E-state index is -0.0336. The molecule has 1 saturated heterocycles. The van der Waals surface area contributed by atoms with Crippen LogP contribution in [-0.2, 0) is 4.79 Å². The minimum Gasteiger partial charge on any atom is -0.316 e. The fraction of sp³-hybridized carbons (Fsp3) is 0.900. The Hall–Kier alpha value is -0.370. The zero-order chi connectivity index (χ0) is 9.19. The maximum Gasteiger partial charge on any atom is 0.137 e. The first kappa shape index (κ1) is 9.72. The molecule has 2 nitrogen and oxygen atoms in total. The summed E-state index contributed by atoms with van der Waals surface area (Å²) in [6.45, 7) is 7.99. The normalized spacial score (nSPS) is 29.7. The number of ketones is 1. The van der Waals surface area contributed by atoms with Crippen LogP contribution in [-0.4, -0.2) is 18.9 Å². The van der Waals surface area contributed by atoms with Crippen molar-refractivity contribution in [2.24, 2.45) is 11.3 Å². The second-order valence-electron chi connectivity index (χ2n) is 4.36. The average molecular weight is 169 g/mol. The van der Waals surface area contributed by atoms with Gasteiger partial charge in [-0.1, -0.05) is 13.8 Å². The van der Waals surface area contributed by atoms with Gasteiger partial charge in [-0.25, -0.2) is 0 Å². The first-order chi connectivity index (χ1) is 5.57. The molecular formula is C10H19NO. The molecule has 1 aliphatic heterocycles. The second kappa shape index (κ2) is 3.56. The van der Waals surface area contributed by atoms with Crippen LogP contribution in [0.1, 0.15) is 33.6 Å². The number of rotatable bonds is 3. The van der Waals surface area contributed by atoms with E-state index >= 15 is 0 Å². The molecule has 1 unspecified atom stereocenters. The summed E-state index contributed by atoms with van der Waals surface area (Å²) in [7, 11) is 0. The molecule has 1 N–H and O–H groups in total. The van der Waals surface area contributed by atoms with Crippen LogP contribution in [0.5, 0.6) is 0 Å². The van der Waals surface area contributed by atoms with Gasteiger partial charge >= 0.3 is 0 Å². The molecule has 0 aromatic rings. The van der Waals surface area contributed by atoms with Crippen molar-refractivity contribution in [3.05, 3.63) is 0 Å². The summed E-state index contributed by atoms with van der Waals surface area (Å²) in [6.07, 6.45) is 2.07. The fourth-order valence-electron chi connectivity index (χ4n) is 2.14. The molecule has 0 radical (unpaired) electrons. The van der Waals surface area contributed by atoms with Gasteiger partial charge in [-0.15, -0.1) is 0 Å². The molecule has 1 atom stereocenters. The number of nitrogens with one attached hydrogen (secondary N) is 1. The number of hydrogen-bond acceptors (Lipinski definition) is 2. The van der Waals surface area contributed by atoms with Crippen molar-refractivity contribution in [1.82, 2.24) is 5.32 Å². The maximum absolute atomic E-state index is 11.5. The Kier molecular flexibility index (Phi) is 2.89. The van der Waals surface area contributed by atoms with Crippen LogP contribution >= 0.6 is 0 Å². The highest BCUT2D eigenvalue weighted by molar-refractivity contribution is 5.83. The Bertz CT molecular complexity index is 169. The zero-order valence-electron chi connectivity index (χ0n) is 8.31. The standard InChI is InChI=1S/C10H19NO/c1-8(2)6-10(9(3)12)4-5-11-7-10/h8,11H,4-7H2,1-3H3. The van der Waals surface area contributed by atoms with Crippen molar-refractivity contribution in [3.8, 4) is 0 Å². The predicted molar refractivity (Wildman–Crippen MR) is 50.1 cm³/mol. The highest BCUT2D eigenvalue weighted by Crippen LogP contribution is 2.33. The maximum atomic E-state index is 11.5. The van der Waals surface area contributed by atoms with E-state index in [4.69, 9.17) is 0 Å². The first-order valence-corrected chi connectivity index (χ1v) is 4.78. The van der Waals surface area contributed by atoms with Crippen molar-refractivity contribution in [3.63, 3.8) is 0 Å². The molecule has 0 spiro atoms. The van der Waals surface area contributed by atoms with Crippen LogP contribution in [0.4, 0.5) is 0 Å². The van der Waals surface area contributed by atoms with Crippen LogP contribution in [0, 0.1) is 11.3 Å². The largest absolute Gasteiger partial charge is 0.316 e. The van der Waals surface area contributed by atoms with Crippen LogP contribution in [0.25, 0.3) is 0 Å². The van der Waals surface area contributed by atoms with Crippen molar-refractivity contribution in [2.75, 3.05) is 13.1 Å². The van der Waals surface area contributed by atoms with Gasteiger partial charge < -0.3 is 5.32 Å². The molecule has 0 saturated carbocycles. The lowest BCUT2D eigenvalue weighted by Gasteiger charge is -2.26. The lowest BCUT2D eigenvalue weighted by atomic mass is 9.76. The van der Waals surface area contributed by atoms with Gasteiger partial charge in [0.1, 0.15) is 5.78 Å². The van der Waals surface area contributed by atoms with Gasteiger partial charge in [-0.2, -0.15) is 0 Å². The van der Waals surface area contributed by atoms with E-state index in [1.165, 1.54) is 0 Å². The summed E-state index contributed by atoms with van der Waals surface area (Å²) in [5.74, 6) is 0.981. The number of Topliss-reactive ketones (excluding diaryl/α,β-unsaturated/α-hetero) is 1. The molecule has 1 heterocycles. The van der Waals surface area contributed by atoms with Crippen molar-refractivity contribution < 1.29 is 4.79 Å². The molecule has 2 heteroatoms. The van der Waals surface area contributed by atoms with E-state index in [0.717, 1.165) is 25.9 Å². The quantitative estimate of drug-likeness (QED) is 0.695. The van der Waals surface area contributed by atoms with E-state index in [1.807, 2.05) is 0 Å². The van der Waals surface area contributed by atoms with E-state index in [2.05, 4.69) is 19.2 Å². The molecule has 1 rings (SSSR count). The fourth-order valence-corrected chi connectivity index (χ4v) is 2.14. The van der Waals surface area contributed by atoms with Crippen LogP contribution in [0.15, 0.2) is 0 Å². The molecule has 0 aromatic carbocycles. The number of hydrogen-bond donors (Lipinski definition) is 1. The van der Waals surface area contributed by atoms with Gasteiger partial charge in [0.2, 0.25) is 0 Å². The van der Waals surface area contributed by atoms with Crippen LogP contribution < -0.4 is 5.32 Å². The van der Waals surface area contributed by atoms with Gasteiger partial charge in [-0.05, 0) is 32.2 Å². The lowest BCUT2D eigenvalue weighted by molar-refractivity contribution is -0.126. The van der Waals surface area contributed by atoms with Gasteiger partial charge in [-0.3, -0.25) is 4.79 Å². The molecule has 0 aliphatic carbocycles. The van der Waals surface area contributed by atoms with Gasteiger partial charge in [0.05, 0.1) is 0 Å².